The van der Waals surface area contributed by atoms with E-state index >= 15 is 0 Å². The summed E-state index contributed by atoms with van der Waals surface area (Å²) in [7, 11) is 0. The minimum absolute atomic E-state index is 0.0655. The molecule has 19 heavy (non-hydrogen) atoms. The molecule has 1 aromatic heterocycles. The van der Waals surface area contributed by atoms with Crippen LogP contribution in [0.1, 0.15) is 24.2 Å². The normalized spacial score (nSPS) is 11.7. The number of aromatic nitrogens is 1. The lowest BCUT2D eigenvalue weighted by molar-refractivity contribution is 0.868. The second kappa shape index (κ2) is 6.05. The third-order valence-corrected chi connectivity index (χ3v) is 3.72. The Bertz CT molecular complexity index is 637. The summed E-state index contributed by atoms with van der Waals surface area (Å²) in [6.45, 7) is 2.03. The molecule has 3 nitrogen and oxygen atoms in total. The van der Waals surface area contributed by atoms with Crippen LogP contribution in [0.3, 0.4) is 0 Å². The van der Waals surface area contributed by atoms with Gasteiger partial charge in [-0.15, -0.1) is 0 Å². The van der Waals surface area contributed by atoms with E-state index in [4.69, 9.17) is 16.9 Å². The van der Waals surface area contributed by atoms with E-state index in [9.17, 15) is 0 Å². The second-order valence-electron chi connectivity index (χ2n) is 4.03. The molecule has 1 aromatic carbocycles. The fraction of sp³-hybridized carbons (Fsp3) is 0.143. The van der Waals surface area contributed by atoms with Gasteiger partial charge >= 0.3 is 0 Å². The maximum Gasteiger partial charge on any atom is 0.161 e. The Balaban J connectivity index is 2.22. The third kappa shape index (κ3) is 3.25. The van der Waals surface area contributed by atoms with E-state index in [-0.39, 0.29) is 11.7 Å². The van der Waals surface area contributed by atoms with E-state index < -0.39 is 0 Å². The van der Waals surface area contributed by atoms with Crippen LogP contribution in [0, 0.1) is 11.3 Å². The molecule has 1 unspecified atom stereocenters. The smallest absolute Gasteiger partial charge is 0.161 e. The highest BCUT2D eigenvalue weighted by Crippen LogP contribution is 2.26. The monoisotopic (exact) mass is 335 g/mol. The highest BCUT2D eigenvalue weighted by molar-refractivity contribution is 9.10. The quantitative estimate of drug-likeness (QED) is 0.895. The van der Waals surface area contributed by atoms with Crippen molar-refractivity contribution in [3.63, 3.8) is 0 Å². The molecule has 0 bridgehead atoms. The van der Waals surface area contributed by atoms with Crippen LogP contribution in [0.2, 0.25) is 5.02 Å². The highest BCUT2D eigenvalue weighted by atomic mass is 79.9. The Morgan fingerprint density at radius 3 is 2.74 bits per heavy atom. The summed E-state index contributed by atoms with van der Waals surface area (Å²) in [5, 5.41) is 12.5. The van der Waals surface area contributed by atoms with Gasteiger partial charge < -0.3 is 5.32 Å². The molecule has 0 radical (unpaired) electrons. The van der Waals surface area contributed by atoms with Crippen molar-refractivity contribution >= 4 is 33.3 Å². The fourth-order valence-corrected chi connectivity index (χ4v) is 2.50. The van der Waals surface area contributed by atoms with Gasteiger partial charge in [0, 0.05) is 4.47 Å². The minimum atomic E-state index is 0.0655. The van der Waals surface area contributed by atoms with Gasteiger partial charge in [-0.05, 0) is 30.7 Å². The van der Waals surface area contributed by atoms with Gasteiger partial charge in [-0.1, -0.05) is 45.7 Å². The number of hydrogen-bond acceptors (Lipinski definition) is 3. The Hall–Kier alpha value is -1.57. The molecular weight excluding hydrogens is 326 g/mol. The lowest BCUT2D eigenvalue weighted by atomic mass is 10.1. The fourth-order valence-electron chi connectivity index (χ4n) is 1.73. The molecule has 0 fully saturated rings. The number of pyridine rings is 1. The summed E-state index contributed by atoms with van der Waals surface area (Å²) in [5.41, 5.74) is 1.35. The van der Waals surface area contributed by atoms with E-state index in [2.05, 4.69) is 26.2 Å². The molecule has 0 saturated carbocycles. The average molecular weight is 337 g/mol. The van der Waals surface area contributed by atoms with E-state index in [1.54, 1.807) is 12.1 Å². The zero-order valence-electron chi connectivity index (χ0n) is 10.2. The lowest BCUT2D eigenvalue weighted by Gasteiger charge is -2.16. The zero-order chi connectivity index (χ0) is 13.8. The van der Waals surface area contributed by atoms with Crippen molar-refractivity contribution in [3.8, 4) is 6.07 Å². The number of nitrogens with one attached hydrogen (secondary N) is 1. The first-order chi connectivity index (χ1) is 9.11. The molecule has 5 heteroatoms. The summed E-state index contributed by atoms with van der Waals surface area (Å²) >= 11 is 9.37. The van der Waals surface area contributed by atoms with Crippen LogP contribution in [-0.4, -0.2) is 4.98 Å². The summed E-state index contributed by atoms with van der Waals surface area (Å²) in [6, 6.07) is 13.4. The van der Waals surface area contributed by atoms with Gasteiger partial charge in [0.2, 0.25) is 0 Å². The van der Waals surface area contributed by atoms with Crippen molar-refractivity contribution in [2.24, 2.45) is 0 Å². The third-order valence-electron chi connectivity index (χ3n) is 2.69. The maximum atomic E-state index is 8.91. The lowest BCUT2D eigenvalue weighted by Crippen LogP contribution is -2.09. The van der Waals surface area contributed by atoms with Crippen LogP contribution < -0.4 is 5.32 Å². The first-order valence-electron chi connectivity index (χ1n) is 5.69. The van der Waals surface area contributed by atoms with Gasteiger partial charge in [-0.3, -0.25) is 0 Å². The predicted molar refractivity (Wildman–Crippen MR) is 80.1 cm³/mol. The molecule has 2 aromatic rings. The Morgan fingerprint density at radius 1 is 1.32 bits per heavy atom. The molecule has 0 amide bonds. The average Bonchev–Trinajstić information content (AvgIpc) is 2.41. The first-order valence-corrected chi connectivity index (χ1v) is 6.86. The number of nitriles is 1. The number of anilines is 1. The topological polar surface area (TPSA) is 48.7 Å². The Morgan fingerprint density at radius 2 is 2.05 bits per heavy atom. The van der Waals surface area contributed by atoms with Crippen LogP contribution in [0.4, 0.5) is 5.82 Å². The van der Waals surface area contributed by atoms with Gasteiger partial charge in [0.15, 0.2) is 5.69 Å². The largest absolute Gasteiger partial charge is 0.363 e. The Kier molecular flexibility index (Phi) is 4.41. The van der Waals surface area contributed by atoms with Gasteiger partial charge in [0.05, 0.1) is 11.1 Å². The molecule has 0 aliphatic carbocycles. The van der Waals surface area contributed by atoms with Gasteiger partial charge in [-0.2, -0.15) is 5.26 Å². The van der Waals surface area contributed by atoms with Crippen LogP contribution in [-0.2, 0) is 0 Å². The van der Waals surface area contributed by atoms with E-state index in [0.29, 0.717) is 10.8 Å². The minimum Gasteiger partial charge on any atom is -0.363 e. The van der Waals surface area contributed by atoms with Crippen molar-refractivity contribution in [2.75, 3.05) is 5.32 Å². The molecule has 1 heterocycles. The number of halogens is 2. The SMILES string of the molecule is CC(Nc1ccc(Cl)c(C#N)n1)c1ccccc1Br. The summed E-state index contributed by atoms with van der Waals surface area (Å²) in [6.07, 6.45) is 0. The summed E-state index contributed by atoms with van der Waals surface area (Å²) < 4.78 is 1.03. The van der Waals surface area contributed by atoms with Gasteiger partial charge in [-0.25, -0.2) is 4.98 Å². The number of nitrogens with zero attached hydrogens (tertiary/aromatic N) is 2. The molecule has 2 rings (SSSR count). The molecule has 0 aliphatic rings. The molecule has 0 aliphatic heterocycles. The zero-order valence-corrected chi connectivity index (χ0v) is 12.5. The van der Waals surface area contributed by atoms with Crippen LogP contribution >= 0.6 is 27.5 Å². The predicted octanol–water partition coefficient (Wildman–Crippen LogP) is 4.54. The Labute approximate surface area is 125 Å². The van der Waals surface area contributed by atoms with E-state index in [0.717, 1.165) is 10.0 Å². The summed E-state index contributed by atoms with van der Waals surface area (Å²) in [4.78, 5) is 4.17. The van der Waals surface area contributed by atoms with Gasteiger partial charge in [0.1, 0.15) is 11.9 Å². The first kappa shape index (κ1) is 13.9. The molecule has 96 valence electrons. The van der Waals surface area contributed by atoms with Crippen molar-refractivity contribution in [3.05, 3.63) is 57.2 Å². The molecule has 1 atom stereocenters. The molecule has 0 spiro atoms. The van der Waals surface area contributed by atoms with Gasteiger partial charge in [0.25, 0.3) is 0 Å². The second-order valence-corrected chi connectivity index (χ2v) is 5.29. The highest BCUT2D eigenvalue weighted by Gasteiger charge is 2.10. The number of hydrogen-bond donors (Lipinski definition) is 1. The van der Waals surface area contributed by atoms with Crippen LogP contribution in [0.15, 0.2) is 40.9 Å². The van der Waals surface area contributed by atoms with Crippen molar-refractivity contribution in [1.82, 2.24) is 4.98 Å². The van der Waals surface area contributed by atoms with Crippen LogP contribution in [0.25, 0.3) is 0 Å². The number of rotatable bonds is 3. The standard InChI is InChI=1S/C14H11BrClN3/c1-9(10-4-2-3-5-11(10)15)18-14-7-6-12(16)13(8-17)19-14/h2-7,9H,1H3,(H,18,19). The molecule has 0 saturated heterocycles. The van der Waals surface area contributed by atoms with Crippen molar-refractivity contribution in [2.45, 2.75) is 13.0 Å². The van der Waals surface area contributed by atoms with E-state index in [1.807, 2.05) is 37.3 Å². The van der Waals surface area contributed by atoms with Crippen molar-refractivity contribution in [1.29, 1.82) is 5.26 Å². The van der Waals surface area contributed by atoms with E-state index in [1.165, 1.54) is 0 Å². The molecule has 1 N–H and O–H groups in total. The van der Waals surface area contributed by atoms with Crippen molar-refractivity contribution < 1.29 is 0 Å². The number of benzene rings is 1. The maximum absolute atomic E-state index is 8.91. The summed E-state index contributed by atoms with van der Waals surface area (Å²) in [5.74, 6) is 0.629. The van der Waals surface area contributed by atoms with Crippen LogP contribution in [0.5, 0.6) is 0 Å². The molecular formula is C14H11BrClN3.